The van der Waals surface area contributed by atoms with E-state index in [1.165, 1.54) is 10.7 Å². The minimum absolute atomic E-state index is 0.00656. The van der Waals surface area contributed by atoms with Gasteiger partial charge in [-0.2, -0.15) is 5.10 Å². The second-order valence-corrected chi connectivity index (χ2v) is 7.87. The predicted octanol–water partition coefficient (Wildman–Crippen LogP) is 2.05. The van der Waals surface area contributed by atoms with Gasteiger partial charge in [0.25, 0.3) is 5.91 Å². The molecule has 0 aliphatic carbocycles. The highest BCUT2D eigenvalue weighted by Crippen LogP contribution is 2.21. The summed E-state index contributed by atoms with van der Waals surface area (Å²) >= 11 is 0. The molecule has 162 valence electrons. The highest BCUT2D eigenvalue weighted by molar-refractivity contribution is 5.96. The summed E-state index contributed by atoms with van der Waals surface area (Å²) in [6, 6.07) is 3.24. The highest BCUT2D eigenvalue weighted by Gasteiger charge is 2.26. The summed E-state index contributed by atoms with van der Waals surface area (Å²) < 4.78 is 28.7. The Morgan fingerprint density at radius 1 is 1.20 bits per heavy atom. The van der Waals surface area contributed by atoms with E-state index in [9.17, 15) is 18.4 Å². The normalized spacial score (nSPS) is 15.3. The van der Waals surface area contributed by atoms with Gasteiger partial charge >= 0.3 is 0 Å². The third-order valence-corrected chi connectivity index (χ3v) is 5.44. The second-order valence-electron chi connectivity index (χ2n) is 7.87. The molecule has 0 atom stereocenters. The number of nitrogens with one attached hydrogen (secondary N) is 1. The Bertz CT molecular complexity index is 949. The van der Waals surface area contributed by atoms with E-state index in [2.05, 4.69) is 15.3 Å². The molecule has 1 fully saturated rings. The number of hydrogen-bond donors (Lipinski definition) is 1. The van der Waals surface area contributed by atoms with Crippen molar-refractivity contribution in [1.82, 2.24) is 24.9 Å². The molecule has 1 N–H and O–H groups in total. The lowest BCUT2D eigenvalue weighted by Gasteiger charge is -2.32. The minimum Gasteiger partial charge on any atom is -0.349 e. The molecule has 1 aromatic heterocycles. The zero-order valence-corrected chi connectivity index (χ0v) is 17.7. The molecule has 30 heavy (non-hydrogen) atoms. The molecule has 0 radical (unpaired) electrons. The molecule has 1 aromatic carbocycles. The van der Waals surface area contributed by atoms with Gasteiger partial charge < -0.3 is 10.2 Å². The first-order valence-corrected chi connectivity index (χ1v) is 9.92. The SMILES string of the molecule is Cc1nn(-c2ccc(F)cc2F)c(C)c1C(=O)NC1CCN(CC(=O)N(C)C)CC1. The van der Waals surface area contributed by atoms with Crippen LogP contribution in [0.2, 0.25) is 0 Å². The molecule has 3 rings (SSSR count). The van der Waals surface area contributed by atoms with Crippen LogP contribution in [-0.2, 0) is 4.79 Å². The van der Waals surface area contributed by atoms with Crippen molar-refractivity contribution < 1.29 is 18.4 Å². The Kier molecular flexibility index (Phi) is 6.50. The summed E-state index contributed by atoms with van der Waals surface area (Å²) in [6.07, 6.45) is 1.48. The van der Waals surface area contributed by atoms with Crippen LogP contribution >= 0.6 is 0 Å². The number of hydrogen-bond acceptors (Lipinski definition) is 4. The van der Waals surface area contributed by atoms with Gasteiger partial charge in [0, 0.05) is 39.3 Å². The van der Waals surface area contributed by atoms with Crippen LogP contribution in [0.3, 0.4) is 0 Å². The topological polar surface area (TPSA) is 70.5 Å². The van der Waals surface area contributed by atoms with Gasteiger partial charge in [-0.25, -0.2) is 13.5 Å². The van der Waals surface area contributed by atoms with Crippen molar-refractivity contribution in [1.29, 1.82) is 0 Å². The summed E-state index contributed by atoms with van der Waals surface area (Å²) in [4.78, 5) is 28.4. The van der Waals surface area contributed by atoms with Crippen LogP contribution in [0.25, 0.3) is 5.69 Å². The number of rotatable bonds is 5. The van der Waals surface area contributed by atoms with Crippen LogP contribution in [0.1, 0.15) is 34.6 Å². The van der Waals surface area contributed by atoms with Crippen molar-refractivity contribution in [2.75, 3.05) is 33.7 Å². The maximum absolute atomic E-state index is 14.2. The van der Waals surface area contributed by atoms with Gasteiger partial charge in [-0.3, -0.25) is 14.5 Å². The van der Waals surface area contributed by atoms with Crippen molar-refractivity contribution in [3.05, 3.63) is 46.8 Å². The van der Waals surface area contributed by atoms with Crippen molar-refractivity contribution in [2.24, 2.45) is 0 Å². The molecule has 7 nitrogen and oxygen atoms in total. The molecule has 0 unspecified atom stereocenters. The number of carbonyl (C=O) groups excluding carboxylic acids is 2. The fourth-order valence-electron chi connectivity index (χ4n) is 3.68. The summed E-state index contributed by atoms with van der Waals surface area (Å²) in [6.45, 7) is 5.20. The van der Waals surface area contributed by atoms with Crippen molar-refractivity contribution >= 4 is 11.8 Å². The number of benzene rings is 1. The lowest BCUT2D eigenvalue weighted by Crippen LogP contribution is -2.47. The fraction of sp³-hybridized carbons (Fsp3) is 0.476. The average Bonchev–Trinajstić information content (AvgIpc) is 2.97. The Morgan fingerprint density at radius 2 is 1.87 bits per heavy atom. The van der Waals surface area contributed by atoms with Gasteiger partial charge in [0.15, 0.2) is 5.82 Å². The van der Waals surface area contributed by atoms with E-state index in [4.69, 9.17) is 0 Å². The zero-order chi connectivity index (χ0) is 22.0. The molecular formula is C21H27F2N5O2. The summed E-state index contributed by atoms with van der Waals surface area (Å²) in [7, 11) is 3.47. The summed E-state index contributed by atoms with van der Waals surface area (Å²) in [5, 5.41) is 7.32. The van der Waals surface area contributed by atoms with Gasteiger partial charge in [0.05, 0.1) is 23.5 Å². The van der Waals surface area contributed by atoms with E-state index >= 15 is 0 Å². The maximum Gasteiger partial charge on any atom is 0.255 e. The van der Waals surface area contributed by atoms with E-state index in [0.29, 0.717) is 23.5 Å². The molecule has 2 amide bonds. The van der Waals surface area contributed by atoms with Gasteiger partial charge in [-0.05, 0) is 38.8 Å². The second kappa shape index (κ2) is 8.91. The average molecular weight is 419 g/mol. The van der Waals surface area contributed by atoms with Crippen LogP contribution in [0, 0.1) is 25.5 Å². The number of amides is 2. The van der Waals surface area contributed by atoms with Gasteiger partial charge in [0.1, 0.15) is 11.5 Å². The van der Waals surface area contributed by atoms with E-state index in [0.717, 1.165) is 38.1 Å². The smallest absolute Gasteiger partial charge is 0.255 e. The molecule has 1 aliphatic heterocycles. The minimum atomic E-state index is -0.743. The Balaban J connectivity index is 1.67. The van der Waals surface area contributed by atoms with Crippen LogP contribution in [-0.4, -0.2) is 71.2 Å². The molecule has 2 aromatic rings. The number of carbonyl (C=O) groups is 2. The van der Waals surface area contributed by atoms with Crippen LogP contribution in [0.5, 0.6) is 0 Å². The van der Waals surface area contributed by atoms with E-state index < -0.39 is 11.6 Å². The van der Waals surface area contributed by atoms with Gasteiger partial charge in [0.2, 0.25) is 5.91 Å². The lowest BCUT2D eigenvalue weighted by atomic mass is 10.0. The van der Waals surface area contributed by atoms with E-state index in [1.54, 1.807) is 32.8 Å². The third kappa shape index (κ3) is 4.67. The molecule has 0 spiro atoms. The summed E-state index contributed by atoms with van der Waals surface area (Å²) in [5.74, 6) is -1.62. The van der Waals surface area contributed by atoms with Crippen molar-refractivity contribution in [2.45, 2.75) is 32.7 Å². The zero-order valence-electron chi connectivity index (χ0n) is 17.7. The first-order valence-electron chi connectivity index (χ1n) is 9.92. The summed E-state index contributed by atoms with van der Waals surface area (Å²) in [5.41, 5.74) is 1.45. The number of aryl methyl sites for hydroxylation is 1. The van der Waals surface area contributed by atoms with E-state index in [1.807, 2.05) is 0 Å². The van der Waals surface area contributed by atoms with Gasteiger partial charge in [-0.15, -0.1) is 0 Å². The highest BCUT2D eigenvalue weighted by atomic mass is 19.1. The number of nitrogens with zero attached hydrogens (tertiary/aromatic N) is 4. The predicted molar refractivity (Wildman–Crippen MR) is 109 cm³/mol. The maximum atomic E-state index is 14.2. The van der Waals surface area contributed by atoms with Crippen molar-refractivity contribution in [3.8, 4) is 5.69 Å². The molecule has 0 bridgehead atoms. The Hall–Kier alpha value is -2.81. The molecule has 1 aliphatic rings. The van der Waals surface area contributed by atoms with E-state index in [-0.39, 0.29) is 23.5 Å². The Morgan fingerprint density at radius 3 is 2.47 bits per heavy atom. The van der Waals surface area contributed by atoms with Crippen molar-refractivity contribution in [3.63, 3.8) is 0 Å². The fourth-order valence-corrected chi connectivity index (χ4v) is 3.68. The molecule has 1 saturated heterocycles. The standard InChI is InChI=1S/C21H27F2N5O2/c1-13-20(14(2)28(25-13)18-6-5-15(22)11-17(18)23)21(30)24-16-7-9-27(10-8-16)12-19(29)26(3)4/h5-6,11,16H,7-10,12H2,1-4H3,(H,24,30). The lowest BCUT2D eigenvalue weighted by molar-refractivity contribution is -0.130. The Labute approximate surface area is 174 Å². The molecule has 9 heteroatoms. The quantitative estimate of drug-likeness (QED) is 0.805. The number of likely N-dealkylation sites (tertiary alicyclic amines) is 1. The van der Waals surface area contributed by atoms with Gasteiger partial charge in [-0.1, -0.05) is 0 Å². The number of likely N-dealkylation sites (N-methyl/N-ethyl adjacent to an activating group) is 1. The third-order valence-electron chi connectivity index (χ3n) is 5.44. The van der Waals surface area contributed by atoms with Crippen LogP contribution < -0.4 is 5.32 Å². The molecular weight excluding hydrogens is 392 g/mol. The first-order chi connectivity index (χ1) is 14.2. The number of aromatic nitrogens is 2. The molecule has 0 saturated carbocycles. The first kappa shape index (κ1) is 21.9. The monoisotopic (exact) mass is 419 g/mol. The largest absolute Gasteiger partial charge is 0.349 e. The number of piperidine rings is 1. The number of halogens is 2. The van der Waals surface area contributed by atoms with Crippen LogP contribution in [0.4, 0.5) is 8.78 Å². The molecule has 2 heterocycles. The van der Waals surface area contributed by atoms with Crippen LogP contribution in [0.15, 0.2) is 18.2 Å².